The molecular weight excluding hydrogens is 729 g/mol. The molecule has 4 heteroatoms. The van der Waals surface area contributed by atoms with Crippen LogP contribution < -0.4 is 20.9 Å². The highest BCUT2D eigenvalue weighted by Crippen LogP contribution is 2.62. The zero-order valence-electron chi connectivity index (χ0n) is 33.0. The molecule has 3 aliphatic heterocycles. The van der Waals surface area contributed by atoms with E-state index in [1.54, 1.807) is 0 Å². The van der Waals surface area contributed by atoms with Crippen LogP contribution in [0.15, 0.2) is 218 Å². The third-order valence-electron chi connectivity index (χ3n) is 12.9. The van der Waals surface area contributed by atoms with Crippen molar-refractivity contribution < 1.29 is 0 Å². The molecule has 0 radical (unpaired) electrons. The molecule has 0 bridgehead atoms. The number of dihydropyridines is 1. The van der Waals surface area contributed by atoms with E-state index in [-0.39, 0.29) is 12.2 Å². The van der Waals surface area contributed by atoms with E-state index >= 15 is 0 Å². The van der Waals surface area contributed by atoms with Crippen molar-refractivity contribution in [2.24, 2.45) is 0 Å². The van der Waals surface area contributed by atoms with Gasteiger partial charge in [0.2, 0.25) is 0 Å². The van der Waals surface area contributed by atoms with E-state index in [4.69, 9.17) is 0 Å². The van der Waals surface area contributed by atoms with Crippen molar-refractivity contribution in [3.05, 3.63) is 257 Å². The Morgan fingerprint density at radius 3 is 1.88 bits per heavy atom. The Bertz CT molecular complexity index is 2970. The number of hydrogen-bond donors (Lipinski definition) is 3. The van der Waals surface area contributed by atoms with Gasteiger partial charge in [0.05, 0.1) is 22.8 Å². The molecule has 0 fully saturated rings. The van der Waals surface area contributed by atoms with Crippen LogP contribution in [-0.2, 0) is 5.41 Å². The molecule has 3 N–H and O–H groups in total. The highest BCUT2D eigenvalue weighted by molar-refractivity contribution is 5.98. The average molecular weight is 771 g/mol. The summed E-state index contributed by atoms with van der Waals surface area (Å²) in [7, 11) is 0. The molecule has 0 aromatic heterocycles. The summed E-state index contributed by atoms with van der Waals surface area (Å²) in [6.07, 6.45) is 4.53. The van der Waals surface area contributed by atoms with Crippen LogP contribution in [0.25, 0.3) is 27.8 Å². The van der Waals surface area contributed by atoms with Crippen molar-refractivity contribution in [3.8, 4) is 22.3 Å². The molecule has 3 heterocycles. The van der Waals surface area contributed by atoms with E-state index in [9.17, 15) is 0 Å². The van der Waals surface area contributed by atoms with Gasteiger partial charge in [-0.3, -0.25) is 5.32 Å². The van der Waals surface area contributed by atoms with Crippen molar-refractivity contribution in [1.82, 2.24) is 10.6 Å². The van der Waals surface area contributed by atoms with Crippen LogP contribution in [0.5, 0.6) is 0 Å². The lowest BCUT2D eigenvalue weighted by atomic mass is 9.65. The van der Waals surface area contributed by atoms with Gasteiger partial charge < -0.3 is 15.5 Å². The lowest BCUT2D eigenvalue weighted by molar-refractivity contribution is 0.506. The van der Waals surface area contributed by atoms with Gasteiger partial charge in [-0.2, -0.15) is 0 Å². The van der Waals surface area contributed by atoms with E-state index in [1.165, 1.54) is 83.8 Å². The number of para-hydroxylation sites is 4. The molecule has 4 nitrogen and oxygen atoms in total. The lowest BCUT2D eigenvalue weighted by Crippen LogP contribution is -2.41. The summed E-state index contributed by atoms with van der Waals surface area (Å²) in [5.41, 5.74) is 20.4. The summed E-state index contributed by atoms with van der Waals surface area (Å²) >= 11 is 0. The van der Waals surface area contributed by atoms with Gasteiger partial charge in [-0.1, -0.05) is 164 Å². The van der Waals surface area contributed by atoms with Crippen LogP contribution in [0.4, 0.5) is 22.7 Å². The fraction of sp³-hybridized carbons (Fsp3) is 0.0714. The Hall–Kier alpha value is -7.40. The van der Waals surface area contributed by atoms with Gasteiger partial charge in [-0.05, 0) is 110 Å². The predicted octanol–water partition coefficient (Wildman–Crippen LogP) is 12.8. The summed E-state index contributed by atoms with van der Waals surface area (Å²) in [6, 6.07) is 73.5. The van der Waals surface area contributed by atoms with Crippen LogP contribution in [0.3, 0.4) is 0 Å². The fourth-order valence-electron chi connectivity index (χ4n) is 10.4. The predicted molar refractivity (Wildman–Crippen MR) is 247 cm³/mol. The molecule has 0 saturated carbocycles. The highest BCUT2D eigenvalue weighted by Gasteiger charge is 2.53. The number of nitrogens with one attached hydrogen (secondary N) is 3. The molecule has 1 spiro atoms. The smallest absolute Gasteiger partial charge is 0.104 e. The topological polar surface area (TPSA) is 39.3 Å². The van der Waals surface area contributed by atoms with E-state index in [0.717, 1.165) is 17.9 Å². The second kappa shape index (κ2) is 13.9. The molecule has 2 unspecified atom stereocenters. The number of allylic oxidation sites excluding steroid dienone is 3. The Labute approximate surface area is 351 Å². The first kappa shape index (κ1) is 34.6. The summed E-state index contributed by atoms with van der Waals surface area (Å²) < 4.78 is 0. The summed E-state index contributed by atoms with van der Waals surface area (Å²) in [6.45, 7) is 0.792. The standard InChI is InChI=1S/C56H42N4/c1-3-16-37(17-4-1)53-46-24-7-10-28-50(46)58-55(59-53)42-21-14-20-40(35-42)38-18-13-19-39(34-38)41-31-32-44-45-25-15-33-57-54(45)56(49(44)36-41)47-26-8-11-29-51(47)60(43-22-5-2-6-23-43)52-30-12-9-27-48(52)56/h1-32,34-36,53,55,57-59H,33H2. The van der Waals surface area contributed by atoms with Crippen LogP contribution in [0, 0.1) is 0 Å². The Kier molecular flexibility index (Phi) is 8.00. The lowest BCUT2D eigenvalue weighted by Gasteiger charge is -2.46. The zero-order valence-corrected chi connectivity index (χ0v) is 33.0. The third kappa shape index (κ3) is 5.28. The molecule has 1 aliphatic carbocycles. The molecule has 60 heavy (non-hydrogen) atoms. The van der Waals surface area contributed by atoms with Crippen molar-refractivity contribution >= 4 is 28.3 Å². The molecule has 8 aromatic carbocycles. The highest BCUT2D eigenvalue weighted by atomic mass is 15.2. The number of fused-ring (bicyclic) bond motifs is 9. The number of benzene rings is 8. The molecule has 2 atom stereocenters. The quantitative estimate of drug-likeness (QED) is 0.163. The second-order valence-corrected chi connectivity index (χ2v) is 16.2. The number of rotatable bonds is 5. The monoisotopic (exact) mass is 770 g/mol. The van der Waals surface area contributed by atoms with Crippen LogP contribution >= 0.6 is 0 Å². The van der Waals surface area contributed by atoms with E-state index in [2.05, 4.69) is 233 Å². The first-order valence-electron chi connectivity index (χ1n) is 21.0. The van der Waals surface area contributed by atoms with Crippen molar-refractivity contribution in [1.29, 1.82) is 0 Å². The first-order valence-corrected chi connectivity index (χ1v) is 21.0. The molecule has 286 valence electrons. The summed E-state index contributed by atoms with van der Waals surface area (Å²) in [5.74, 6) is 0. The minimum atomic E-state index is -0.522. The van der Waals surface area contributed by atoms with Gasteiger partial charge in [0.15, 0.2) is 0 Å². The molecule has 4 aliphatic rings. The van der Waals surface area contributed by atoms with E-state index in [0.29, 0.717) is 0 Å². The van der Waals surface area contributed by atoms with Gasteiger partial charge >= 0.3 is 0 Å². The molecule has 0 amide bonds. The molecule has 8 aromatic rings. The SMILES string of the molecule is C1=CC2=C(NC1)C1(c3cc(-c4cccc(-c5cccc(C6Nc7ccccc7C(c7ccccc7)N6)c5)c4)ccc32)c2ccccc2N(c2ccccc2)c2ccccc21. The minimum Gasteiger partial charge on any atom is -0.383 e. The van der Waals surface area contributed by atoms with E-state index in [1.807, 2.05) is 0 Å². The van der Waals surface area contributed by atoms with Gasteiger partial charge in [-0.25, -0.2) is 0 Å². The van der Waals surface area contributed by atoms with E-state index < -0.39 is 5.41 Å². The normalized spacial score (nSPS) is 17.8. The third-order valence-corrected chi connectivity index (χ3v) is 12.9. The average Bonchev–Trinajstić information content (AvgIpc) is 3.62. The van der Waals surface area contributed by atoms with Gasteiger partial charge in [0.1, 0.15) is 6.17 Å². The zero-order chi connectivity index (χ0) is 39.6. The maximum Gasteiger partial charge on any atom is 0.104 e. The number of nitrogens with zero attached hydrogens (tertiary/aromatic N) is 1. The number of hydrogen-bond acceptors (Lipinski definition) is 4. The molecular formula is C56H42N4. The van der Waals surface area contributed by atoms with Crippen molar-refractivity contribution in [3.63, 3.8) is 0 Å². The second-order valence-electron chi connectivity index (χ2n) is 16.2. The molecule has 12 rings (SSSR count). The maximum atomic E-state index is 3.93. The van der Waals surface area contributed by atoms with Gasteiger partial charge in [-0.15, -0.1) is 0 Å². The summed E-state index contributed by atoms with van der Waals surface area (Å²) in [4.78, 5) is 2.44. The minimum absolute atomic E-state index is 0.0543. The first-order chi connectivity index (χ1) is 29.8. The van der Waals surface area contributed by atoms with Crippen LogP contribution in [0.1, 0.15) is 51.2 Å². The fourth-order valence-corrected chi connectivity index (χ4v) is 10.4. The summed E-state index contributed by atoms with van der Waals surface area (Å²) in [5, 5.41) is 11.7. The van der Waals surface area contributed by atoms with Crippen molar-refractivity contribution in [2.75, 3.05) is 16.8 Å². The van der Waals surface area contributed by atoms with Crippen LogP contribution in [0.2, 0.25) is 0 Å². The van der Waals surface area contributed by atoms with Crippen molar-refractivity contribution in [2.45, 2.75) is 17.6 Å². The Morgan fingerprint density at radius 1 is 0.500 bits per heavy atom. The Morgan fingerprint density at radius 2 is 1.12 bits per heavy atom. The van der Waals surface area contributed by atoms with Gasteiger partial charge in [0, 0.05) is 29.2 Å². The molecule has 0 saturated heterocycles. The van der Waals surface area contributed by atoms with Crippen LogP contribution in [-0.4, -0.2) is 6.54 Å². The maximum absolute atomic E-state index is 3.93. The number of anilines is 4. The Balaban J connectivity index is 0.960. The van der Waals surface area contributed by atoms with Gasteiger partial charge in [0.25, 0.3) is 0 Å². The largest absolute Gasteiger partial charge is 0.383 e.